The summed E-state index contributed by atoms with van der Waals surface area (Å²) in [5.41, 5.74) is 6.17. The van der Waals surface area contributed by atoms with Crippen LogP contribution in [0.2, 0.25) is 0 Å². The number of amides is 2. The molecule has 28 heavy (non-hydrogen) atoms. The minimum atomic E-state index is -0.585. The minimum absolute atomic E-state index is 0.585. The van der Waals surface area contributed by atoms with Gasteiger partial charge in [-0.3, -0.25) is 0 Å². The van der Waals surface area contributed by atoms with E-state index in [2.05, 4.69) is 62.4 Å². The zero-order valence-electron chi connectivity index (χ0n) is 15.1. The van der Waals surface area contributed by atoms with Crippen LogP contribution in [0.15, 0.2) is 67.7 Å². The number of rotatable bonds is 4. The summed E-state index contributed by atoms with van der Waals surface area (Å²) in [7, 11) is 2.56. The Balaban J connectivity index is 0.000000280. The number of ether oxygens (including phenoxy) is 2. The van der Waals surface area contributed by atoms with Crippen LogP contribution in [0.4, 0.5) is 9.59 Å². The molecule has 0 unspecified atom stereocenters. The van der Waals surface area contributed by atoms with Gasteiger partial charge in [0.05, 0.1) is 26.6 Å². The van der Waals surface area contributed by atoms with Gasteiger partial charge in [-0.1, -0.05) is 56.1 Å². The van der Waals surface area contributed by atoms with Gasteiger partial charge in [0.15, 0.2) is 0 Å². The third-order valence-electron chi connectivity index (χ3n) is 2.85. The molecule has 2 amide bonds. The molecule has 0 saturated heterocycles. The van der Waals surface area contributed by atoms with Crippen LogP contribution >= 0.6 is 31.9 Å². The maximum absolute atomic E-state index is 10.6. The Morgan fingerprint density at radius 2 is 1.07 bits per heavy atom. The number of carbonyl (C=O) groups is 2. The molecule has 0 aliphatic carbocycles. The van der Waals surface area contributed by atoms with Crippen molar-refractivity contribution in [1.82, 2.24) is 10.9 Å². The van der Waals surface area contributed by atoms with Crippen molar-refractivity contribution < 1.29 is 19.1 Å². The van der Waals surface area contributed by atoms with Gasteiger partial charge in [-0.15, -0.1) is 0 Å². The van der Waals surface area contributed by atoms with Gasteiger partial charge < -0.3 is 9.47 Å². The van der Waals surface area contributed by atoms with Crippen molar-refractivity contribution in [3.8, 4) is 0 Å². The summed E-state index contributed by atoms with van der Waals surface area (Å²) in [6.07, 6.45) is 1.89. The Hall–Kier alpha value is -2.72. The summed E-state index contributed by atoms with van der Waals surface area (Å²) in [4.78, 5) is 21.2. The van der Waals surface area contributed by atoms with E-state index < -0.39 is 12.2 Å². The fourth-order valence-electron chi connectivity index (χ4n) is 1.51. The molecule has 2 aromatic rings. The van der Waals surface area contributed by atoms with Gasteiger partial charge in [0.25, 0.3) is 0 Å². The van der Waals surface area contributed by atoms with Crippen LogP contribution in [0.1, 0.15) is 11.1 Å². The Morgan fingerprint density at radius 1 is 0.750 bits per heavy atom. The van der Waals surface area contributed by atoms with Crippen LogP contribution in [0, 0.1) is 0 Å². The SMILES string of the molecule is COC(=O)N/N=C/c1ccc(Br)cc1.COC(=O)N/N=C/c1ccc(Br)cc1. The first-order chi connectivity index (χ1) is 13.4. The van der Waals surface area contributed by atoms with E-state index in [0.29, 0.717) is 0 Å². The zero-order valence-corrected chi connectivity index (χ0v) is 18.2. The first-order valence-corrected chi connectivity index (χ1v) is 9.28. The molecule has 10 heteroatoms. The van der Waals surface area contributed by atoms with E-state index >= 15 is 0 Å². The number of hydrazone groups is 2. The standard InChI is InChI=1S/2C9H9BrN2O2/c2*1-14-9(13)12-11-6-7-2-4-8(10)5-3-7/h2*2-6H,1H3,(H,12,13)/b2*11-6+. The summed E-state index contributed by atoms with van der Waals surface area (Å²) < 4.78 is 10.7. The van der Waals surface area contributed by atoms with E-state index in [0.717, 1.165) is 20.1 Å². The highest BCUT2D eigenvalue weighted by Gasteiger charge is 1.93. The third-order valence-corrected chi connectivity index (χ3v) is 3.91. The van der Waals surface area contributed by atoms with Gasteiger partial charge in [0, 0.05) is 8.95 Å². The summed E-state index contributed by atoms with van der Waals surface area (Å²) in [6, 6.07) is 15.0. The average Bonchev–Trinajstić information content (AvgIpc) is 2.71. The van der Waals surface area contributed by atoms with Gasteiger partial charge in [0.1, 0.15) is 0 Å². The number of halogens is 2. The molecular formula is C18H18Br2N4O4. The summed E-state index contributed by atoms with van der Waals surface area (Å²) in [6.45, 7) is 0. The van der Waals surface area contributed by atoms with Crippen LogP contribution in [-0.4, -0.2) is 38.8 Å². The van der Waals surface area contributed by atoms with Gasteiger partial charge >= 0.3 is 12.2 Å². The molecule has 0 aromatic heterocycles. The van der Waals surface area contributed by atoms with Gasteiger partial charge in [-0.2, -0.15) is 10.2 Å². The number of nitrogens with zero attached hydrogens (tertiary/aromatic N) is 2. The topological polar surface area (TPSA) is 101 Å². The molecule has 2 aromatic carbocycles. The first-order valence-electron chi connectivity index (χ1n) is 7.69. The van der Waals surface area contributed by atoms with Crippen molar-refractivity contribution in [3.63, 3.8) is 0 Å². The molecule has 2 rings (SSSR count). The highest BCUT2D eigenvalue weighted by Crippen LogP contribution is 2.09. The lowest BCUT2D eigenvalue weighted by molar-refractivity contribution is 0.170. The van der Waals surface area contributed by atoms with Crippen molar-refractivity contribution in [3.05, 3.63) is 68.6 Å². The molecule has 0 aliphatic heterocycles. The maximum atomic E-state index is 10.6. The van der Waals surface area contributed by atoms with Crippen LogP contribution in [0.3, 0.4) is 0 Å². The smallest absolute Gasteiger partial charge is 0.427 e. The molecule has 0 heterocycles. The Kier molecular flexibility index (Phi) is 11.2. The predicted octanol–water partition coefficient (Wildman–Crippen LogP) is 4.28. The molecule has 0 saturated carbocycles. The molecule has 0 bridgehead atoms. The highest BCUT2D eigenvalue weighted by molar-refractivity contribution is 9.10. The van der Waals surface area contributed by atoms with Crippen molar-refractivity contribution in [2.45, 2.75) is 0 Å². The molecule has 2 N–H and O–H groups in total. The van der Waals surface area contributed by atoms with Crippen LogP contribution in [0.5, 0.6) is 0 Å². The van der Waals surface area contributed by atoms with Crippen LogP contribution < -0.4 is 10.9 Å². The summed E-state index contributed by atoms with van der Waals surface area (Å²) in [5, 5.41) is 7.35. The zero-order chi connectivity index (χ0) is 20.8. The van der Waals surface area contributed by atoms with Gasteiger partial charge in [-0.05, 0) is 35.4 Å². The Bertz CT molecular complexity index is 740. The van der Waals surface area contributed by atoms with Gasteiger partial charge in [0.2, 0.25) is 0 Å². The van der Waals surface area contributed by atoms with E-state index in [1.165, 1.54) is 26.6 Å². The molecule has 148 valence electrons. The molecular weight excluding hydrogens is 496 g/mol. The van der Waals surface area contributed by atoms with Crippen molar-refractivity contribution >= 4 is 56.5 Å². The van der Waals surface area contributed by atoms with E-state index in [-0.39, 0.29) is 0 Å². The molecule has 0 atom stereocenters. The largest absolute Gasteiger partial charge is 0.452 e. The molecule has 0 radical (unpaired) electrons. The van der Waals surface area contributed by atoms with Crippen molar-refractivity contribution in [1.29, 1.82) is 0 Å². The lowest BCUT2D eigenvalue weighted by Crippen LogP contribution is -2.16. The Labute approximate surface area is 179 Å². The number of methoxy groups -OCH3 is 2. The summed E-state index contributed by atoms with van der Waals surface area (Å²) >= 11 is 6.63. The minimum Gasteiger partial charge on any atom is -0.452 e. The first kappa shape index (κ1) is 23.3. The number of nitrogens with one attached hydrogen (secondary N) is 2. The molecule has 0 spiro atoms. The normalized spacial score (nSPS) is 10.1. The fraction of sp³-hybridized carbons (Fsp3) is 0.111. The molecule has 0 fully saturated rings. The number of carbonyl (C=O) groups excluding carboxylic acids is 2. The van der Waals surface area contributed by atoms with E-state index in [9.17, 15) is 9.59 Å². The van der Waals surface area contributed by atoms with E-state index in [1.807, 2.05) is 48.5 Å². The van der Waals surface area contributed by atoms with Crippen molar-refractivity contribution in [2.75, 3.05) is 14.2 Å². The second-order valence-electron chi connectivity index (χ2n) is 4.83. The number of hydrogen-bond acceptors (Lipinski definition) is 6. The third kappa shape index (κ3) is 10.4. The fourth-order valence-corrected chi connectivity index (χ4v) is 2.04. The quantitative estimate of drug-likeness (QED) is 0.470. The number of benzene rings is 2. The number of hydrogen-bond donors (Lipinski definition) is 2. The summed E-state index contributed by atoms with van der Waals surface area (Å²) in [5.74, 6) is 0. The second kappa shape index (κ2) is 13.4. The highest BCUT2D eigenvalue weighted by atomic mass is 79.9. The Morgan fingerprint density at radius 3 is 1.36 bits per heavy atom. The van der Waals surface area contributed by atoms with E-state index in [4.69, 9.17) is 0 Å². The lowest BCUT2D eigenvalue weighted by Gasteiger charge is -1.95. The monoisotopic (exact) mass is 512 g/mol. The van der Waals surface area contributed by atoms with Gasteiger partial charge in [-0.25, -0.2) is 20.4 Å². The maximum Gasteiger partial charge on any atom is 0.427 e. The lowest BCUT2D eigenvalue weighted by atomic mass is 10.2. The van der Waals surface area contributed by atoms with Crippen molar-refractivity contribution in [2.24, 2.45) is 10.2 Å². The average molecular weight is 514 g/mol. The van der Waals surface area contributed by atoms with E-state index in [1.54, 1.807) is 0 Å². The second-order valence-corrected chi connectivity index (χ2v) is 6.66. The van der Waals surface area contributed by atoms with Crippen LogP contribution in [0.25, 0.3) is 0 Å². The molecule has 0 aliphatic rings. The molecule has 8 nitrogen and oxygen atoms in total. The predicted molar refractivity (Wildman–Crippen MR) is 115 cm³/mol. The van der Waals surface area contributed by atoms with Crippen LogP contribution in [-0.2, 0) is 9.47 Å².